The second-order valence-electron chi connectivity index (χ2n) is 6.79. The molecule has 0 radical (unpaired) electrons. The molecule has 3 atom stereocenters. The standard InChI is InChI=1S/C16H21BrN2O3/c1-16(2,9-17)22-15(21)14-11-6-10(7-18-14)12-4-3-5-13(20)19(12)8-11/h3-5,10-11,14,18H,6-9H2,1-2H3/t10-,11-,14?/m1/s1. The number of nitrogens with one attached hydrogen (secondary N) is 1. The number of nitrogens with zero attached hydrogens (tertiary/aromatic N) is 1. The van der Waals surface area contributed by atoms with E-state index in [-0.39, 0.29) is 23.5 Å². The molecule has 1 fully saturated rings. The highest BCUT2D eigenvalue weighted by atomic mass is 79.9. The van der Waals surface area contributed by atoms with Crippen LogP contribution in [0.1, 0.15) is 31.9 Å². The molecule has 1 aromatic heterocycles. The number of carbonyl (C=O) groups excluding carboxylic acids is 1. The van der Waals surface area contributed by atoms with Crippen molar-refractivity contribution in [3.05, 3.63) is 34.2 Å². The predicted octanol–water partition coefficient (Wildman–Crippen LogP) is 1.64. The van der Waals surface area contributed by atoms with Crippen molar-refractivity contribution in [3.63, 3.8) is 0 Å². The van der Waals surface area contributed by atoms with E-state index in [0.29, 0.717) is 24.3 Å². The third-order valence-corrected chi connectivity index (χ3v) is 5.86. The van der Waals surface area contributed by atoms with Gasteiger partial charge in [0.05, 0.1) is 0 Å². The summed E-state index contributed by atoms with van der Waals surface area (Å²) < 4.78 is 7.42. The lowest BCUT2D eigenvalue weighted by molar-refractivity contribution is -0.159. The summed E-state index contributed by atoms with van der Waals surface area (Å²) in [5.41, 5.74) is 0.560. The van der Waals surface area contributed by atoms with E-state index < -0.39 is 5.60 Å². The molecular weight excluding hydrogens is 348 g/mol. The monoisotopic (exact) mass is 368 g/mol. The molecule has 0 amide bonds. The Bertz CT molecular complexity index is 641. The summed E-state index contributed by atoms with van der Waals surface area (Å²) in [6, 6.07) is 5.07. The van der Waals surface area contributed by atoms with E-state index >= 15 is 0 Å². The Morgan fingerprint density at radius 3 is 3.00 bits per heavy atom. The molecule has 0 aromatic carbocycles. The number of rotatable bonds is 3. The lowest BCUT2D eigenvalue weighted by Crippen LogP contribution is -2.56. The molecule has 0 saturated carbocycles. The number of pyridine rings is 1. The second kappa shape index (κ2) is 5.81. The van der Waals surface area contributed by atoms with E-state index in [4.69, 9.17) is 4.74 Å². The van der Waals surface area contributed by atoms with Gasteiger partial charge in [0.1, 0.15) is 11.6 Å². The van der Waals surface area contributed by atoms with Crippen LogP contribution in [0.3, 0.4) is 0 Å². The van der Waals surface area contributed by atoms with Crippen molar-refractivity contribution in [1.82, 2.24) is 9.88 Å². The first kappa shape index (κ1) is 15.7. The van der Waals surface area contributed by atoms with Crippen molar-refractivity contribution in [2.45, 2.75) is 44.4 Å². The van der Waals surface area contributed by atoms with Gasteiger partial charge in [0.2, 0.25) is 0 Å². The molecule has 2 aliphatic heterocycles. The maximum absolute atomic E-state index is 12.5. The quantitative estimate of drug-likeness (QED) is 0.650. The Morgan fingerprint density at radius 1 is 1.50 bits per heavy atom. The molecular formula is C16H21BrN2O3. The number of esters is 1. The molecule has 2 aliphatic rings. The van der Waals surface area contributed by atoms with Crippen LogP contribution in [-0.2, 0) is 16.1 Å². The molecule has 1 saturated heterocycles. The number of alkyl halides is 1. The summed E-state index contributed by atoms with van der Waals surface area (Å²) in [5, 5.41) is 3.91. The van der Waals surface area contributed by atoms with E-state index in [1.165, 1.54) is 0 Å². The van der Waals surface area contributed by atoms with Gasteiger partial charge < -0.3 is 14.6 Å². The lowest BCUT2D eigenvalue weighted by Gasteiger charge is -2.42. The van der Waals surface area contributed by atoms with Crippen LogP contribution >= 0.6 is 15.9 Å². The first-order valence-electron chi connectivity index (χ1n) is 7.63. The molecule has 3 heterocycles. The number of halogens is 1. The maximum atomic E-state index is 12.5. The van der Waals surface area contributed by atoms with Gasteiger partial charge in [-0.2, -0.15) is 0 Å². The third-order valence-electron chi connectivity index (χ3n) is 4.51. The summed E-state index contributed by atoms with van der Waals surface area (Å²) >= 11 is 3.36. The molecule has 1 aromatic rings. The molecule has 1 unspecified atom stereocenters. The van der Waals surface area contributed by atoms with Gasteiger partial charge >= 0.3 is 5.97 Å². The number of fused-ring (bicyclic) bond motifs is 4. The molecule has 0 aliphatic carbocycles. The molecule has 0 spiro atoms. The number of hydrogen-bond acceptors (Lipinski definition) is 4. The molecule has 6 heteroatoms. The molecule has 1 N–H and O–H groups in total. The van der Waals surface area contributed by atoms with Gasteiger partial charge in [-0.15, -0.1) is 0 Å². The number of hydrogen-bond donors (Lipinski definition) is 1. The fraction of sp³-hybridized carbons (Fsp3) is 0.625. The van der Waals surface area contributed by atoms with E-state index in [9.17, 15) is 9.59 Å². The average molecular weight is 369 g/mol. The smallest absolute Gasteiger partial charge is 0.324 e. The highest BCUT2D eigenvalue weighted by Crippen LogP contribution is 2.35. The highest BCUT2D eigenvalue weighted by molar-refractivity contribution is 9.09. The van der Waals surface area contributed by atoms with Crippen molar-refractivity contribution >= 4 is 21.9 Å². The molecule has 120 valence electrons. The van der Waals surface area contributed by atoms with Gasteiger partial charge in [0.15, 0.2) is 0 Å². The number of carbonyl (C=O) groups is 1. The third kappa shape index (κ3) is 2.86. The number of piperidine rings is 1. The van der Waals surface area contributed by atoms with E-state index in [1.807, 2.05) is 30.5 Å². The Labute approximate surface area is 138 Å². The Hall–Kier alpha value is -1.14. The van der Waals surface area contributed by atoms with Crippen molar-refractivity contribution in [2.75, 3.05) is 11.9 Å². The summed E-state index contributed by atoms with van der Waals surface area (Å²) in [4.78, 5) is 24.5. The minimum atomic E-state index is -0.529. The van der Waals surface area contributed by atoms with Gasteiger partial charge in [-0.05, 0) is 26.3 Å². The molecule has 2 bridgehead atoms. The number of aromatic nitrogens is 1. The minimum Gasteiger partial charge on any atom is -0.458 e. The zero-order valence-electron chi connectivity index (χ0n) is 12.8. The van der Waals surface area contributed by atoms with Crippen LogP contribution in [0, 0.1) is 5.92 Å². The Balaban J connectivity index is 1.81. The summed E-state index contributed by atoms with van der Waals surface area (Å²) in [5.74, 6) is 0.172. The normalized spacial score (nSPS) is 27.1. The fourth-order valence-corrected chi connectivity index (χ4v) is 3.50. The average Bonchev–Trinajstić information content (AvgIpc) is 2.48. The first-order valence-corrected chi connectivity index (χ1v) is 8.75. The van der Waals surface area contributed by atoms with Crippen LogP contribution in [0.2, 0.25) is 0 Å². The van der Waals surface area contributed by atoms with E-state index in [2.05, 4.69) is 21.2 Å². The summed E-state index contributed by atoms with van der Waals surface area (Å²) in [6.07, 6.45) is 0.922. The summed E-state index contributed by atoms with van der Waals surface area (Å²) in [7, 11) is 0. The van der Waals surface area contributed by atoms with Crippen LogP contribution < -0.4 is 10.9 Å². The Kier molecular flexibility index (Phi) is 4.16. The summed E-state index contributed by atoms with van der Waals surface area (Å²) in [6.45, 7) is 5.04. The molecule has 5 nitrogen and oxygen atoms in total. The first-order chi connectivity index (χ1) is 10.4. The van der Waals surface area contributed by atoms with Gasteiger partial charge in [-0.25, -0.2) is 0 Å². The van der Waals surface area contributed by atoms with Crippen LogP contribution in [-0.4, -0.2) is 34.1 Å². The van der Waals surface area contributed by atoms with E-state index in [1.54, 1.807) is 6.07 Å². The fourth-order valence-electron chi connectivity index (χ4n) is 3.39. The van der Waals surface area contributed by atoms with Crippen LogP contribution in [0.25, 0.3) is 0 Å². The largest absolute Gasteiger partial charge is 0.458 e. The lowest BCUT2D eigenvalue weighted by atomic mass is 9.79. The molecule has 3 rings (SSSR count). The van der Waals surface area contributed by atoms with Crippen molar-refractivity contribution in [1.29, 1.82) is 0 Å². The van der Waals surface area contributed by atoms with Crippen LogP contribution in [0.15, 0.2) is 23.0 Å². The minimum absolute atomic E-state index is 0.0157. The van der Waals surface area contributed by atoms with Gasteiger partial charge in [-0.1, -0.05) is 22.0 Å². The van der Waals surface area contributed by atoms with Gasteiger partial charge in [-0.3, -0.25) is 9.59 Å². The predicted molar refractivity (Wildman–Crippen MR) is 87.3 cm³/mol. The van der Waals surface area contributed by atoms with Crippen LogP contribution in [0.4, 0.5) is 0 Å². The van der Waals surface area contributed by atoms with Gasteiger partial charge in [0.25, 0.3) is 5.56 Å². The van der Waals surface area contributed by atoms with Gasteiger partial charge in [0, 0.05) is 42.0 Å². The van der Waals surface area contributed by atoms with E-state index in [0.717, 1.165) is 12.1 Å². The molecule has 22 heavy (non-hydrogen) atoms. The van der Waals surface area contributed by atoms with Crippen LogP contribution in [0.5, 0.6) is 0 Å². The van der Waals surface area contributed by atoms with Crippen molar-refractivity contribution < 1.29 is 9.53 Å². The maximum Gasteiger partial charge on any atom is 0.324 e. The zero-order valence-corrected chi connectivity index (χ0v) is 14.4. The highest BCUT2D eigenvalue weighted by Gasteiger charge is 2.41. The Morgan fingerprint density at radius 2 is 2.27 bits per heavy atom. The zero-order chi connectivity index (χ0) is 15.9. The number of ether oxygens (including phenoxy) is 1. The SMILES string of the molecule is CC(C)(CBr)OC(=O)C1NC[C@H]2C[C@@H]1Cn1c2cccc1=O. The second-order valence-corrected chi connectivity index (χ2v) is 7.35. The van der Waals surface area contributed by atoms with Crippen molar-refractivity contribution in [2.24, 2.45) is 5.92 Å². The van der Waals surface area contributed by atoms with Crippen molar-refractivity contribution in [3.8, 4) is 0 Å². The topological polar surface area (TPSA) is 60.3 Å².